The number of carbonyl (C=O) groups is 1. The van der Waals surface area contributed by atoms with Crippen LogP contribution in [0.5, 0.6) is 0 Å². The zero-order valence-corrected chi connectivity index (χ0v) is 22.3. The van der Waals surface area contributed by atoms with Crippen molar-refractivity contribution >= 4 is 17.2 Å². The number of piperidine rings is 1. The number of aryl methyl sites for hydroxylation is 2. The first kappa shape index (κ1) is 29.0. The fourth-order valence-corrected chi connectivity index (χ4v) is 4.03. The predicted octanol–water partition coefficient (Wildman–Crippen LogP) is 6.40. The maximum atomic E-state index is 14.1. The van der Waals surface area contributed by atoms with Crippen LogP contribution in [0.25, 0.3) is 5.57 Å². The summed E-state index contributed by atoms with van der Waals surface area (Å²) < 4.78 is 19.1. The van der Waals surface area contributed by atoms with Crippen molar-refractivity contribution in [1.29, 1.82) is 5.26 Å². The SMILES string of the molecule is CCC(C)/C(=C\C(=NC)C(=O)N1CCCCC1)c1ccc(C#N)c(F)c1.CCCc1cc(CC)no1. The Hall–Kier alpha value is -3.27. The molecule has 0 N–H and O–H groups in total. The van der Waals surface area contributed by atoms with Crippen molar-refractivity contribution in [2.45, 2.75) is 72.6 Å². The van der Waals surface area contributed by atoms with Crippen LogP contribution in [0.2, 0.25) is 0 Å². The van der Waals surface area contributed by atoms with E-state index in [2.05, 4.69) is 24.0 Å². The number of hydrogen-bond acceptors (Lipinski definition) is 5. The fourth-order valence-electron chi connectivity index (χ4n) is 4.03. The van der Waals surface area contributed by atoms with E-state index in [1.54, 1.807) is 19.2 Å². The molecule has 0 aliphatic carbocycles. The van der Waals surface area contributed by atoms with Gasteiger partial charge in [0.15, 0.2) is 0 Å². The highest BCUT2D eigenvalue weighted by atomic mass is 19.1. The van der Waals surface area contributed by atoms with Crippen LogP contribution in [-0.2, 0) is 17.6 Å². The van der Waals surface area contributed by atoms with E-state index >= 15 is 0 Å². The summed E-state index contributed by atoms with van der Waals surface area (Å²) in [5.41, 5.74) is 3.02. The third kappa shape index (κ3) is 8.15. The number of carbonyl (C=O) groups excluding carboxylic acids is 1. The molecule has 2 aromatic rings. The highest BCUT2D eigenvalue weighted by Crippen LogP contribution is 2.27. The molecular formula is C29H39FN4O2. The van der Waals surface area contributed by atoms with Crippen LogP contribution in [0.1, 0.15) is 82.4 Å². The Labute approximate surface area is 214 Å². The number of aliphatic imine (C=N–C) groups is 1. The Morgan fingerprint density at radius 1 is 1.25 bits per heavy atom. The van der Waals surface area contributed by atoms with Crippen molar-refractivity contribution in [2.75, 3.05) is 20.1 Å². The van der Waals surface area contributed by atoms with E-state index in [9.17, 15) is 9.18 Å². The van der Waals surface area contributed by atoms with E-state index in [-0.39, 0.29) is 17.4 Å². The highest BCUT2D eigenvalue weighted by molar-refractivity contribution is 6.44. The molecule has 1 fully saturated rings. The second-order valence-corrected chi connectivity index (χ2v) is 9.07. The first-order chi connectivity index (χ1) is 17.4. The third-order valence-electron chi connectivity index (χ3n) is 6.43. The van der Waals surface area contributed by atoms with Crippen molar-refractivity contribution in [2.24, 2.45) is 10.9 Å². The first-order valence-electron chi connectivity index (χ1n) is 13.0. The van der Waals surface area contributed by atoms with Crippen LogP contribution in [0.4, 0.5) is 4.39 Å². The number of allylic oxidation sites excluding steroid dienone is 1. The number of rotatable bonds is 8. The number of aromatic nitrogens is 1. The maximum Gasteiger partial charge on any atom is 0.271 e. The lowest BCUT2D eigenvalue weighted by molar-refractivity contribution is -0.124. The predicted molar refractivity (Wildman–Crippen MR) is 142 cm³/mol. The minimum atomic E-state index is -0.545. The number of amides is 1. The molecule has 0 spiro atoms. The summed E-state index contributed by atoms with van der Waals surface area (Å²) in [5.74, 6) is 0.534. The van der Waals surface area contributed by atoms with Crippen LogP contribution < -0.4 is 0 Å². The summed E-state index contributed by atoms with van der Waals surface area (Å²) in [6.07, 6.45) is 8.92. The zero-order chi connectivity index (χ0) is 26.5. The standard InChI is InChI=1S/C21H26FN3O.C8H13NO/c1-4-15(2)18(16-8-9-17(14-23)19(22)12-16)13-20(24-3)21(26)25-10-6-5-7-11-25;1-3-5-8-6-7(4-2)9-10-8/h8-9,12-13,15H,4-7,10-11H2,1-3H3;6H,3-5H2,1-2H3/b18-13+,24-20?;. The monoisotopic (exact) mass is 494 g/mol. The van der Waals surface area contributed by atoms with Gasteiger partial charge in [-0.3, -0.25) is 9.79 Å². The molecule has 0 saturated carbocycles. The van der Waals surface area contributed by atoms with Crippen molar-refractivity contribution in [3.8, 4) is 6.07 Å². The van der Waals surface area contributed by atoms with Gasteiger partial charge in [-0.1, -0.05) is 38.9 Å². The molecule has 1 atom stereocenters. The van der Waals surface area contributed by atoms with Gasteiger partial charge < -0.3 is 9.42 Å². The summed E-state index contributed by atoms with van der Waals surface area (Å²) in [6.45, 7) is 9.82. The summed E-state index contributed by atoms with van der Waals surface area (Å²) in [5, 5.41) is 12.8. The van der Waals surface area contributed by atoms with E-state index in [0.717, 1.165) is 75.1 Å². The minimum Gasteiger partial charge on any atom is -0.361 e. The topological polar surface area (TPSA) is 82.5 Å². The molecule has 1 aromatic carbocycles. The maximum absolute atomic E-state index is 14.1. The van der Waals surface area contributed by atoms with Crippen LogP contribution >= 0.6 is 0 Å². The molecule has 6 nitrogen and oxygen atoms in total. The van der Waals surface area contributed by atoms with Gasteiger partial charge in [-0.25, -0.2) is 4.39 Å². The number of nitriles is 1. The lowest BCUT2D eigenvalue weighted by atomic mass is 9.90. The quantitative estimate of drug-likeness (QED) is 0.398. The van der Waals surface area contributed by atoms with Gasteiger partial charge in [0.25, 0.3) is 5.91 Å². The Bertz CT molecular complexity index is 1090. The third-order valence-corrected chi connectivity index (χ3v) is 6.43. The molecule has 3 rings (SSSR count). The van der Waals surface area contributed by atoms with Gasteiger partial charge >= 0.3 is 0 Å². The molecule has 0 radical (unpaired) electrons. The molecule has 0 bridgehead atoms. The summed E-state index contributed by atoms with van der Waals surface area (Å²) in [7, 11) is 1.61. The number of likely N-dealkylation sites (tertiary alicyclic amines) is 1. The summed E-state index contributed by atoms with van der Waals surface area (Å²) >= 11 is 0. The van der Waals surface area contributed by atoms with Gasteiger partial charge in [-0.05, 0) is 73.8 Å². The Balaban J connectivity index is 0.000000380. The number of hydrogen-bond donors (Lipinski definition) is 0. The lowest BCUT2D eigenvalue weighted by Crippen LogP contribution is -2.39. The van der Waals surface area contributed by atoms with Crippen molar-refractivity contribution in [1.82, 2.24) is 10.1 Å². The molecule has 36 heavy (non-hydrogen) atoms. The number of nitrogens with zero attached hydrogens (tertiary/aromatic N) is 4. The summed E-state index contributed by atoms with van der Waals surface area (Å²) in [4.78, 5) is 18.9. The zero-order valence-electron chi connectivity index (χ0n) is 22.3. The second kappa shape index (κ2) is 15.0. The number of halogens is 1. The van der Waals surface area contributed by atoms with Crippen LogP contribution in [0.15, 0.2) is 39.9 Å². The number of benzene rings is 1. The van der Waals surface area contributed by atoms with Gasteiger partial charge in [-0.15, -0.1) is 0 Å². The van der Waals surface area contributed by atoms with E-state index < -0.39 is 5.82 Å². The summed E-state index contributed by atoms with van der Waals surface area (Å²) in [6, 6.07) is 8.46. The molecule has 1 amide bonds. The van der Waals surface area contributed by atoms with E-state index in [4.69, 9.17) is 9.78 Å². The van der Waals surface area contributed by atoms with Crippen molar-refractivity contribution in [3.63, 3.8) is 0 Å². The molecule has 1 saturated heterocycles. The Kier molecular flexibility index (Phi) is 12.0. The molecule has 1 aliphatic rings. The van der Waals surface area contributed by atoms with Gasteiger partial charge in [-0.2, -0.15) is 5.26 Å². The van der Waals surface area contributed by atoms with E-state index in [1.165, 1.54) is 12.1 Å². The minimum absolute atomic E-state index is 0.0195. The molecule has 194 valence electrons. The average Bonchev–Trinajstić information content (AvgIpc) is 3.37. The fraction of sp³-hybridized carbons (Fsp3) is 0.517. The molecule has 1 unspecified atom stereocenters. The Morgan fingerprint density at radius 2 is 1.97 bits per heavy atom. The van der Waals surface area contributed by atoms with Crippen molar-refractivity contribution in [3.05, 3.63) is 58.7 Å². The molecular weight excluding hydrogens is 455 g/mol. The molecule has 7 heteroatoms. The van der Waals surface area contributed by atoms with E-state index in [0.29, 0.717) is 11.3 Å². The lowest BCUT2D eigenvalue weighted by Gasteiger charge is -2.27. The van der Waals surface area contributed by atoms with Crippen LogP contribution in [0, 0.1) is 23.1 Å². The largest absolute Gasteiger partial charge is 0.361 e. The van der Waals surface area contributed by atoms with E-state index in [1.807, 2.05) is 30.9 Å². The van der Waals surface area contributed by atoms with Gasteiger partial charge in [0.1, 0.15) is 23.4 Å². The van der Waals surface area contributed by atoms with Gasteiger partial charge in [0, 0.05) is 32.6 Å². The average molecular weight is 495 g/mol. The normalized spacial score (nSPS) is 15.1. The Morgan fingerprint density at radius 3 is 2.50 bits per heavy atom. The van der Waals surface area contributed by atoms with Gasteiger partial charge in [0.05, 0.1) is 11.3 Å². The molecule has 1 aromatic heterocycles. The first-order valence-corrected chi connectivity index (χ1v) is 13.0. The second-order valence-electron chi connectivity index (χ2n) is 9.07. The van der Waals surface area contributed by atoms with Crippen LogP contribution in [0.3, 0.4) is 0 Å². The molecule has 2 heterocycles. The van der Waals surface area contributed by atoms with Crippen LogP contribution in [-0.4, -0.2) is 41.8 Å². The smallest absolute Gasteiger partial charge is 0.271 e. The highest BCUT2D eigenvalue weighted by Gasteiger charge is 2.22. The molecule has 1 aliphatic heterocycles. The van der Waals surface area contributed by atoms with Crippen molar-refractivity contribution < 1.29 is 13.7 Å². The van der Waals surface area contributed by atoms with Gasteiger partial charge in [0.2, 0.25) is 0 Å².